The lowest BCUT2D eigenvalue weighted by Crippen LogP contribution is -2.74. The molecule has 0 aromatic heterocycles. The Morgan fingerprint density at radius 3 is 1.21 bits per heavy atom. The number of rotatable bonds is 10. The molecule has 0 aliphatic rings. The molecule has 0 N–H and O–H groups in total. The van der Waals surface area contributed by atoms with Gasteiger partial charge in [-0.05, 0) is 154 Å². The largest absolute Gasteiger partial charge is 0.310 e. The van der Waals surface area contributed by atoms with Gasteiger partial charge in [0.25, 0.3) is 0 Å². The van der Waals surface area contributed by atoms with Crippen molar-refractivity contribution in [3.8, 4) is 33.4 Å². The Morgan fingerprint density at radius 1 is 0.271 bits per heavy atom. The number of hydrogen-bond donors (Lipinski definition) is 0. The summed E-state index contributed by atoms with van der Waals surface area (Å²) in [6.07, 6.45) is 0. The maximum Gasteiger partial charge on any atom is 0.179 e. The van der Waals surface area contributed by atoms with Crippen LogP contribution in [0.5, 0.6) is 0 Å². The van der Waals surface area contributed by atoms with E-state index in [1.165, 1.54) is 97.6 Å². The zero-order valence-corrected chi connectivity index (χ0v) is 40.4. The molecule has 332 valence electrons. The number of aryl methyl sites for hydroxylation is 2. The van der Waals surface area contributed by atoms with Crippen molar-refractivity contribution in [1.29, 1.82) is 0 Å². The molecular formula is C68H51NSi. The van der Waals surface area contributed by atoms with Crippen molar-refractivity contribution in [2.45, 2.75) is 13.8 Å². The van der Waals surface area contributed by atoms with E-state index in [1.807, 2.05) is 0 Å². The van der Waals surface area contributed by atoms with Gasteiger partial charge < -0.3 is 4.90 Å². The minimum atomic E-state index is -2.74. The highest BCUT2D eigenvalue weighted by Gasteiger charge is 2.41. The highest BCUT2D eigenvalue weighted by atomic mass is 28.3. The van der Waals surface area contributed by atoms with Gasteiger partial charge in [0.2, 0.25) is 0 Å². The van der Waals surface area contributed by atoms with Crippen LogP contribution in [0.2, 0.25) is 0 Å². The standard InChI is InChI=1S/C68H51NSi/c1-48-43-49(2)45-55(44-48)69(53-37-40-59(41-38-53)70(56-29-15-6-16-30-56,57-31-17-7-18-32-57)58-33-19-8-20-34-58)54-39-42-62-65(46-54)60-35-21-22-36-61(60)67-64(51-25-11-4-12-26-51)47-63(50-23-9-3-10-24-50)66(68(62)67)52-27-13-5-14-28-52/h3-47H,1-2H3. The van der Waals surface area contributed by atoms with Crippen LogP contribution < -0.4 is 25.6 Å². The van der Waals surface area contributed by atoms with E-state index >= 15 is 0 Å². The second kappa shape index (κ2) is 18.2. The fourth-order valence-corrected chi connectivity index (χ4v) is 16.1. The maximum absolute atomic E-state index is 2.74. The third-order valence-corrected chi connectivity index (χ3v) is 19.0. The SMILES string of the molecule is Cc1cc(C)cc(N(c2ccc([Si](c3ccccc3)(c3ccccc3)c3ccccc3)cc2)c2ccc3c(c2)c2ccccc2c2c(-c4ccccc4)cc(-c4ccccc4)c(-c4ccccc4)c32)c1. The minimum Gasteiger partial charge on any atom is -0.310 e. The van der Waals surface area contributed by atoms with Crippen LogP contribution in [0.3, 0.4) is 0 Å². The monoisotopic (exact) mass is 909 g/mol. The number of benzene rings is 12. The molecule has 0 saturated heterocycles. The maximum atomic E-state index is 2.47. The van der Waals surface area contributed by atoms with Crippen LogP contribution in [0.1, 0.15) is 11.1 Å². The first-order valence-corrected chi connectivity index (χ1v) is 26.3. The molecule has 1 nitrogen and oxygen atoms in total. The van der Waals surface area contributed by atoms with Gasteiger partial charge in [-0.15, -0.1) is 0 Å². The quantitative estimate of drug-likeness (QED) is 0.0751. The lowest BCUT2D eigenvalue weighted by molar-refractivity contribution is 1.26. The van der Waals surface area contributed by atoms with Crippen LogP contribution in [0.15, 0.2) is 273 Å². The third kappa shape index (κ3) is 7.42. The predicted molar refractivity (Wildman–Crippen MR) is 303 cm³/mol. The Balaban J connectivity index is 1.14. The van der Waals surface area contributed by atoms with Crippen LogP contribution in [0.4, 0.5) is 17.1 Å². The zero-order chi connectivity index (χ0) is 47.0. The van der Waals surface area contributed by atoms with E-state index < -0.39 is 8.07 Å². The zero-order valence-electron chi connectivity index (χ0n) is 39.4. The second-order valence-electron chi connectivity index (χ2n) is 18.5. The molecule has 2 heteroatoms. The van der Waals surface area contributed by atoms with Crippen LogP contribution >= 0.6 is 0 Å². The first-order chi connectivity index (χ1) is 34.6. The van der Waals surface area contributed by atoms with Gasteiger partial charge in [0.05, 0.1) is 0 Å². The predicted octanol–water partition coefficient (Wildman–Crippen LogP) is 15.6. The number of nitrogens with zero attached hydrogens (tertiary/aromatic N) is 1. The lowest BCUT2D eigenvalue weighted by Gasteiger charge is -2.35. The summed E-state index contributed by atoms with van der Waals surface area (Å²) in [5, 5.41) is 12.9. The second-order valence-corrected chi connectivity index (χ2v) is 22.4. The van der Waals surface area contributed by atoms with E-state index in [2.05, 4.69) is 292 Å². The highest BCUT2D eigenvalue weighted by Crippen LogP contribution is 2.50. The molecule has 12 rings (SSSR count). The summed E-state index contributed by atoms with van der Waals surface area (Å²) in [5.41, 5.74) is 13.1. The van der Waals surface area contributed by atoms with Gasteiger partial charge in [-0.1, -0.05) is 231 Å². The van der Waals surface area contributed by atoms with Gasteiger partial charge in [0, 0.05) is 17.1 Å². The van der Waals surface area contributed by atoms with Gasteiger partial charge in [-0.2, -0.15) is 0 Å². The Morgan fingerprint density at radius 2 is 0.686 bits per heavy atom. The summed E-state index contributed by atoms with van der Waals surface area (Å²) in [6.45, 7) is 4.41. The lowest BCUT2D eigenvalue weighted by atomic mass is 9.81. The van der Waals surface area contributed by atoms with Gasteiger partial charge in [0.15, 0.2) is 8.07 Å². The van der Waals surface area contributed by atoms with Crippen molar-refractivity contribution >= 4 is 78.2 Å². The first kappa shape index (κ1) is 42.8. The fraction of sp³-hybridized carbons (Fsp3) is 0.0294. The summed E-state index contributed by atoms with van der Waals surface area (Å²) in [6, 6.07) is 102. The fourth-order valence-electron chi connectivity index (χ4n) is 11.3. The molecule has 0 aliphatic carbocycles. The number of fused-ring (bicyclic) bond motifs is 6. The van der Waals surface area contributed by atoms with Gasteiger partial charge in [-0.3, -0.25) is 0 Å². The molecule has 0 saturated carbocycles. The van der Waals surface area contributed by atoms with E-state index in [4.69, 9.17) is 0 Å². The Hall–Kier alpha value is -8.56. The molecule has 0 bridgehead atoms. The van der Waals surface area contributed by atoms with Crippen LogP contribution in [-0.2, 0) is 0 Å². The normalized spacial score (nSPS) is 11.6. The third-order valence-electron chi connectivity index (χ3n) is 14.2. The van der Waals surface area contributed by atoms with Crippen molar-refractivity contribution in [2.75, 3.05) is 4.90 Å². The van der Waals surface area contributed by atoms with E-state index in [1.54, 1.807) is 0 Å². The van der Waals surface area contributed by atoms with E-state index in [0.717, 1.165) is 17.1 Å². The van der Waals surface area contributed by atoms with E-state index in [-0.39, 0.29) is 0 Å². The van der Waals surface area contributed by atoms with Crippen LogP contribution in [0.25, 0.3) is 65.7 Å². The van der Waals surface area contributed by atoms with Crippen LogP contribution in [0, 0.1) is 13.8 Å². The molecule has 12 aromatic rings. The molecule has 0 heterocycles. The smallest absolute Gasteiger partial charge is 0.179 e. The topological polar surface area (TPSA) is 3.24 Å². The highest BCUT2D eigenvalue weighted by molar-refractivity contribution is 7.19. The minimum absolute atomic E-state index is 1.11. The molecule has 0 amide bonds. The molecule has 0 unspecified atom stereocenters. The first-order valence-electron chi connectivity index (χ1n) is 24.3. The van der Waals surface area contributed by atoms with Crippen molar-refractivity contribution in [3.05, 3.63) is 284 Å². The number of anilines is 3. The Kier molecular flexibility index (Phi) is 11.1. The summed E-state index contributed by atoms with van der Waals surface area (Å²) < 4.78 is 0. The summed E-state index contributed by atoms with van der Waals surface area (Å²) >= 11 is 0. The molecule has 70 heavy (non-hydrogen) atoms. The van der Waals surface area contributed by atoms with Gasteiger partial charge in [-0.25, -0.2) is 0 Å². The van der Waals surface area contributed by atoms with Crippen molar-refractivity contribution in [1.82, 2.24) is 0 Å². The van der Waals surface area contributed by atoms with E-state index in [9.17, 15) is 0 Å². The molecule has 0 atom stereocenters. The molecule has 12 aromatic carbocycles. The van der Waals surface area contributed by atoms with E-state index in [0.29, 0.717) is 0 Å². The van der Waals surface area contributed by atoms with Gasteiger partial charge >= 0.3 is 0 Å². The molecule has 0 spiro atoms. The molecule has 0 fully saturated rings. The van der Waals surface area contributed by atoms with Crippen molar-refractivity contribution in [3.63, 3.8) is 0 Å². The van der Waals surface area contributed by atoms with Crippen molar-refractivity contribution in [2.24, 2.45) is 0 Å². The molecular weight excluding hydrogens is 859 g/mol. The summed E-state index contributed by atoms with van der Waals surface area (Å²) in [7, 11) is -2.74. The average Bonchev–Trinajstić information content (AvgIpc) is 3.42. The summed E-state index contributed by atoms with van der Waals surface area (Å²) in [4.78, 5) is 2.47. The average molecular weight is 910 g/mol. The van der Waals surface area contributed by atoms with Gasteiger partial charge in [0.1, 0.15) is 0 Å². The summed E-state index contributed by atoms with van der Waals surface area (Å²) in [5.74, 6) is 0. The molecule has 0 aliphatic heterocycles. The Bertz CT molecular complexity index is 3680. The number of hydrogen-bond acceptors (Lipinski definition) is 1. The molecule has 0 radical (unpaired) electrons. The van der Waals surface area contributed by atoms with Crippen molar-refractivity contribution < 1.29 is 0 Å². The van der Waals surface area contributed by atoms with Crippen LogP contribution in [-0.4, -0.2) is 8.07 Å². The Labute approximate surface area is 412 Å².